The summed E-state index contributed by atoms with van der Waals surface area (Å²) in [7, 11) is 0. The van der Waals surface area contributed by atoms with Gasteiger partial charge in [-0.25, -0.2) is 14.2 Å². The highest BCUT2D eigenvalue weighted by Crippen LogP contribution is 2.29. The van der Waals surface area contributed by atoms with Crippen LogP contribution in [-0.2, 0) is 9.53 Å². The summed E-state index contributed by atoms with van der Waals surface area (Å²) in [4.78, 5) is 19.6. The molecule has 1 N–H and O–H groups in total. The number of aliphatic hydroxyl groups excluding tert-OH is 1. The van der Waals surface area contributed by atoms with Crippen LogP contribution < -0.4 is 0 Å². The maximum absolute atomic E-state index is 12.9. The molecule has 1 aliphatic rings. The van der Waals surface area contributed by atoms with E-state index in [2.05, 4.69) is 9.98 Å². The number of aliphatic hydroxyl groups is 1. The van der Waals surface area contributed by atoms with Gasteiger partial charge in [0.15, 0.2) is 0 Å². The van der Waals surface area contributed by atoms with Crippen LogP contribution in [0.5, 0.6) is 0 Å². The minimum absolute atomic E-state index is 0.0741. The maximum Gasteiger partial charge on any atom is 0.343 e. The van der Waals surface area contributed by atoms with Gasteiger partial charge in [0.25, 0.3) is 0 Å². The first-order chi connectivity index (χ1) is 10.4. The fourth-order valence-electron chi connectivity index (χ4n) is 1.63. The van der Waals surface area contributed by atoms with Crippen LogP contribution in [0.25, 0.3) is 5.76 Å². The van der Waals surface area contributed by atoms with Crippen LogP contribution in [0.1, 0.15) is 18.9 Å². The zero-order chi connectivity index (χ0) is 16.3. The number of hydrogen-bond acceptors (Lipinski definition) is 5. The molecular formula is C14H13Cl2FN2O3. The van der Waals surface area contributed by atoms with Crippen molar-refractivity contribution < 1.29 is 19.0 Å². The van der Waals surface area contributed by atoms with Crippen molar-refractivity contribution in [2.24, 2.45) is 4.99 Å². The Labute approximate surface area is 136 Å². The molecule has 0 spiro atoms. The van der Waals surface area contributed by atoms with Gasteiger partial charge in [-0.3, -0.25) is 4.99 Å². The second-order valence-corrected chi connectivity index (χ2v) is 5.30. The van der Waals surface area contributed by atoms with Gasteiger partial charge in [0.05, 0.1) is 18.2 Å². The van der Waals surface area contributed by atoms with Crippen molar-refractivity contribution in [3.05, 3.63) is 33.6 Å². The molecule has 0 aromatic carbocycles. The maximum atomic E-state index is 12.9. The lowest BCUT2D eigenvalue weighted by Gasteiger charge is -2.08. The summed E-state index contributed by atoms with van der Waals surface area (Å²) in [6.07, 6.45) is 0.390. The zero-order valence-electron chi connectivity index (χ0n) is 11.6. The predicted molar refractivity (Wildman–Crippen MR) is 82.2 cm³/mol. The fraction of sp³-hybridized carbons (Fsp3) is 0.357. The van der Waals surface area contributed by atoms with E-state index in [4.69, 9.17) is 27.9 Å². The number of aliphatic imine (C=N–C) groups is 1. The largest absolute Gasteiger partial charge is 0.506 e. The number of carbonyl (C=O) groups is 1. The standard InChI is InChI=1S/C14H13Cl2FN2O3/c1-2-22-14(21)8(6-18-10-5-9(10)17)12(20)7-3-4-11(15)19-13(7)16/h3-4,6,9-10,20H,2,5H2,1H3/t9-,10-/m1/s1. The van der Waals surface area contributed by atoms with Crippen LogP contribution in [0, 0.1) is 0 Å². The molecule has 5 nitrogen and oxygen atoms in total. The Morgan fingerprint density at radius 1 is 1.59 bits per heavy atom. The van der Waals surface area contributed by atoms with Crippen molar-refractivity contribution in [1.82, 2.24) is 4.98 Å². The molecule has 0 unspecified atom stereocenters. The van der Waals surface area contributed by atoms with E-state index in [1.807, 2.05) is 0 Å². The molecule has 2 atom stereocenters. The Balaban J connectivity index is 2.39. The molecule has 8 heteroatoms. The highest BCUT2D eigenvalue weighted by molar-refractivity contribution is 6.33. The van der Waals surface area contributed by atoms with Gasteiger partial charge < -0.3 is 9.84 Å². The van der Waals surface area contributed by atoms with Crippen LogP contribution >= 0.6 is 23.2 Å². The number of pyridine rings is 1. The van der Waals surface area contributed by atoms with E-state index in [0.29, 0.717) is 6.42 Å². The highest BCUT2D eigenvalue weighted by Gasteiger charge is 2.37. The summed E-state index contributed by atoms with van der Waals surface area (Å²) in [5.41, 5.74) is -0.111. The molecular weight excluding hydrogens is 334 g/mol. The summed E-state index contributed by atoms with van der Waals surface area (Å²) in [5, 5.41) is 10.3. The number of alkyl halides is 1. The van der Waals surface area contributed by atoms with Crippen molar-refractivity contribution in [1.29, 1.82) is 0 Å². The van der Waals surface area contributed by atoms with Gasteiger partial charge in [-0.1, -0.05) is 23.2 Å². The van der Waals surface area contributed by atoms with E-state index < -0.39 is 23.9 Å². The van der Waals surface area contributed by atoms with Crippen LogP contribution in [-0.4, -0.2) is 41.1 Å². The van der Waals surface area contributed by atoms with E-state index in [1.165, 1.54) is 12.1 Å². The number of esters is 1. The fourth-order valence-corrected chi connectivity index (χ4v) is 2.06. The number of nitrogens with zero attached hydrogens (tertiary/aromatic N) is 2. The molecule has 1 aliphatic carbocycles. The molecule has 0 bridgehead atoms. The molecule has 22 heavy (non-hydrogen) atoms. The van der Waals surface area contributed by atoms with Gasteiger partial charge in [0.1, 0.15) is 27.8 Å². The lowest BCUT2D eigenvalue weighted by Crippen LogP contribution is -2.12. The second-order valence-electron chi connectivity index (χ2n) is 4.55. The number of carbonyl (C=O) groups excluding carboxylic acids is 1. The topological polar surface area (TPSA) is 71.8 Å². The van der Waals surface area contributed by atoms with Gasteiger partial charge in [0, 0.05) is 12.6 Å². The summed E-state index contributed by atoms with van der Waals surface area (Å²) in [6, 6.07) is 2.34. The van der Waals surface area contributed by atoms with E-state index in [-0.39, 0.29) is 28.0 Å². The van der Waals surface area contributed by atoms with Gasteiger partial charge in [0.2, 0.25) is 0 Å². The summed E-state index contributed by atoms with van der Waals surface area (Å²) >= 11 is 11.6. The highest BCUT2D eigenvalue weighted by atomic mass is 35.5. The number of halogens is 3. The summed E-state index contributed by atoms with van der Waals surface area (Å²) in [5.74, 6) is -1.24. The smallest absolute Gasteiger partial charge is 0.343 e. The van der Waals surface area contributed by atoms with Crippen molar-refractivity contribution in [2.75, 3.05) is 6.61 Å². The molecule has 0 aliphatic heterocycles. The van der Waals surface area contributed by atoms with E-state index in [1.54, 1.807) is 6.92 Å². The third-order valence-electron chi connectivity index (χ3n) is 2.90. The average molecular weight is 347 g/mol. The van der Waals surface area contributed by atoms with Gasteiger partial charge in [-0.05, 0) is 19.1 Å². The molecule has 1 aromatic heterocycles. The minimum atomic E-state index is -1.01. The lowest BCUT2D eigenvalue weighted by atomic mass is 10.1. The first kappa shape index (κ1) is 16.7. The Morgan fingerprint density at radius 2 is 2.27 bits per heavy atom. The number of rotatable bonds is 5. The van der Waals surface area contributed by atoms with Gasteiger partial charge in [-0.15, -0.1) is 0 Å². The van der Waals surface area contributed by atoms with Crippen molar-refractivity contribution in [2.45, 2.75) is 25.6 Å². The minimum Gasteiger partial charge on any atom is -0.506 e. The first-order valence-corrected chi connectivity index (χ1v) is 7.29. The second kappa shape index (κ2) is 7.07. The Hall–Kier alpha value is -1.66. The Morgan fingerprint density at radius 3 is 2.82 bits per heavy atom. The van der Waals surface area contributed by atoms with Gasteiger partial charge >= 0.3 is 5.97 Å². The Kier molecular flexibility index (Phi) is 5.37. The molecule has 0 amide bonds. The first-order valence-electron chi connectivity index (χ1n) is 6.54. The molecule has 2 rings (SSSR count). The third kappa shape index (κ3) is 3.96. The van der Waals surface area contributed by atoms with E-state index in [9.17, 15) is 14.3 Å². The number of aromatic nitrogens is 1. The number of hydrogen-bond donors (Lipinski definition) is 1. The Bertz CT molecular complexity index is 649. The number of ether oxygens (including phenoxy) is 1. The third-order valence-corrected chi connectivity index (χ3v) is 3.40. The average Bonchev–Trinajstić information content (AvgIpc) is 3.15. The van der Waals surface area contributed by atoms with Crippen molar-refractivity contribution in [3.8, 4) is 0 Å². The molecule has 1 aromatic rings. The quantitative estimate of drug-likeness (QED) is 0.291. The summed E-state index contributed by atoms with van der Waals surface area (Å²) in [6.45, 7) is 1.74. The predicted octanol–water partition coefficient (Wildman–Crippen LogP) is 3.40. The zero-order valence-corrected chi connectivity index (χ0v) is 13.1. The van der Waals surface area contributed by atoms with E-state index in [0.717, 1.165) is 6.21 Å². The normalized spacial score (nSPS) is 21.6. The molecule has 1 fully saturated rings. The molecule has 1 saturated carbocycles. The van der Waals surface area contributed by atoms with Crippen molar-refractivity contribution >= 4 is 41.1 Å². The molecule has 118 valence electrons. The molecule has 1 heterocycles. The van der Waals surface area contributed by atoms with Crippen LogP contribution in [0.2, 0.25) is 10.3 Å². The van der Waals surface area contributed by atoms with Crippen LogP contribution in [0.3, 0.4) is 0 Å². The van der Waals surface area contributed by atoms with Gasteiger partial charge in [-0.2, -0.15) is 0 Å². The van der Waals surface area contributed by atoms with E-state index >= 15 is 0 Å². The lowest BCUT2D eigenvalue weighted by molar-refractivity contribution is -0.137. The van der Waals surface area contributed by atoms with Crippen LogP contribution in [0.4, 0.5) is 4.39 Å². The van der Waals surface area contributed by atoms with Crippen LogP contribution in [0.15, 0.2) is 22.7 Å². The monoisotopic (exact) mass is 346 g/mol. The molecule has 0 saturated heterocycles. The summed E-state index contributed by atoms with van der Waals surface area (Å²) < 4.78 is 17.7. The molecule has 0 radical (unpaired) electrons. The van der Waals surface area contributed by atoms with Crippen molar-refractivity contribution in [3.63, 3.8) is 0 Å². The SMILES string of the molecule is CCOC(=O)C(C=N[C@@H]1C[C@H]1F)=C(O)c1ccc(Cl)nc1Cl.